The van der Waals surface area contributed by atoms with Crippen molar-refractivity contribution in [1.29, 1.82) is 0 Å². The average Bonchev–Trinajstić information content (AvgIpc) is 2.98. The molecule has 0 bridgehead atoms. The molecule has 1 saturated heterocycles. The highest BCUT2D eigenvalue weighted by atomic mass is 16.3. The number of para-hydroxylation sites is 2. The fourth-order valence-electron chi connectivity index (χ4n) is 3.32. The van der Waals surface area contributed by atoms with Gasteiger partial charge in [0.2, 0.25) is 0 Å². The first-order valence-corrected chi connectivity index (χ1v) is 8.85. The minimum Gasteiger partial charge on any atom is -0.393 e. The van der Waals surface area contributed by atoms with Gasteiger partial charge in [-0.1, -0.05) is 12.1 Å². The Bertz CT molecular complexity index is 746. The number of piperidine rings is 1. The first kappa shape index (κ1) is 17.5. The van der Waals surface area contributed by atoms with Gasteiger partial charge in [0.15, 0.2) is 0 Å². The minimum absolute atomic E-state index is 0.145. The van der Waals surface area contributed by atoms with Crippen LogP contribution in [0.1, 0.15) is 48.8 Å². The molecule has 1 amide bonds. The molecule has 1 aromatic heterocycles. The summed E-state index contributed by atoms with van der Waals surface area (Å²) in [5, 5.41) is 17.1. The van der Waals surface area contributed by atoms with Gasteiger partial charge in [-0.2, -0.15) is 5.10 Å². The number of nitrogens with one attached hydrogen (secondary N) is 1. The van der Waals surface area contributed by atoms with Crippen molar-refractivity contribution < 1.29 is 9.90 Å². The number of rotatable bonds is 4. The van der Waals surface area contributed by atoms with Crippen LogP contribution in [0.4, 0.5) is 11.4 Å². The van der Waals surface area contributed by atoms with Crippen molar-refractivity contribution >= 4 is 17.3 Å². The number of hydrogen-bond donors (Lipinski definition) is 2. The van der Waals surface area contributed by atoms with Gasteiger partial charge in [0.05, 0.1) is 29.2 Å². The summed E-state index contributed by atoms with van der Waals surface area (Å²) in [6.07, 6.45) is 2.91. The Hall–Kier alpha value is -2.34. The largest absolute Gasteiger partial charge is 0.393 e. The number of benzene rings is 1. The number of carbonyl (C=O) groups excluding carboxylic acids is 1. The molecule has 1 aliphatic rings. The zero-order chi connectivity index (χ0) is 18.0. The summed E-state index contributed by atoms with van der Waals surface area (Å²) in [6.45, 7) is 7.58. The van der Waals surface area contributed by atoms with Crippen LogP contribution in [0.2, 0.25) is 0 Å². The van der Waals surface area contributed by atoms with E-state index in [-0.39, 0.29) is 18.1 Å². The van der Waals surface area contributed by atoms with E-state index >= 15 is 0 Å². The summed E-state index contributed by atoms with van der Waals surface area (Å²) in [5.74, 6) is -0.145. The smallest absolute Gasteiger partial charge is 0.259 e. The second-order valence-electron chi connectivity index (χ2n) is 6.87. The van der Waals surface area contributed by atoms with Crippen LogP contribution in [0.5, 0.6) is 0 Å². The average molecular weight is 342 g/mol. The summed E-state index contributed by atoms with van der Waals surface area (Å²) in [5.41, 5.74) is 3.25. The van der Waals surface area contributed by atoms with E-state index in [1.54, 1.807) is 6.20 Å². The summed E-state index contributed by atoms with van der Waals surface area (Å²) < 4.78 is 1.85. The van der Waals surface area contributed by atoms with E-state index in [0.29, 0.717) is 5.56 Å². The normalized spacial score (nSPS) is 15.6. The molecule has 134 valence electrons. The molecule has 0 radical (unpaired) electrons. The Balaban J connectivity index is 1.80. The van der Waals surface area contributed by atoms with Gasteiger partial charge in [0.25, 0.3) is 5.91 Å². The predicted octanol–water partition coefficient (Wildman–Crippen LogP) is 2.99. The van der Waals surface area contributed by atoms with E-state index < -0.39 is 0 Å². The summed E-state index contributed by atoms with van der Waals surface area (Å²) in [4.78, 5) is 14.9. The lowest BCUT2D eigenvalue weighted by Crippen LogP contribution is -2.36. The van der Waals surface area contributed by atoms with Crippen molar-refractivity contribution in [1.82, 2.24) is 9.78 Å². The Kier molecular flexibility index (Phi) is 5.08. The van der Waals surface area contributed by atoms with Crippen LogP contribution in [0.3, 0.4) is 0 Å². The van der Waals surface area contributed by atoms with Gasteiger partial charge < -0.3 is 15.3 Å². The van der Waals surface area contributed by atoms with Crippen molar-refractivity contribution in [2.45, 2.75) is 45.8 Å². The number of anilines is 2. The Morgan fingerprint density at radius 3 is 2.60 bits per heavy atom. The van der Waals surface area contributed by atoms with Crippen LogP contribution < -0.4 is 10.2 Å². The van der Waals surface area contributed by atoms with Crippen molar-refractivity contribution in [3.63, 3.8) is 0 Å². The topological polar surface area (TPSA) is 70.4 Å². The molecule has 6 heteroatoms. The molecule has 0 spiro atoms. The third-order valence-electron chi connectivity index (χ3n) is 4.74. The lowest BCUT2D eigenvalue weighted by molar-refractivity contribution is 0.102. The molecule has 0 atom stereocenters. The third kappa shape index (κ3) is 3.69. The number of nitrogens with zero attached hydrogens (tertiary/aromatic N) is 3. The number of aromatic nitrogens is 2. The minimum atomic E-state index is -0.220. The summed E-state index contributed by atoms with van der Waals surface area (Å²) in [6, 6.07) is 8.03. The Morgan fingerprint density at radius 1 is 1.28 bits per heavy atom. The molecular formula is C19H26N4O2. The molecule has 2 aromatic rings. The molecule has 1 aromatic carbocycles. The molecule has 1 aliphatic heterocycles. The number of amides is 1. The van der Waals surface area contributed by atoms with Crippen molar-refractivity contribution in [3.05, 3.63) is 41.7 Å². The fourth-order valence-corrected chi connectivity index (χ4v) is 3.32. The van der Waals surface area contributed by atoms with Crippen LogP contribution in [0.25, 0.3) is 0 Å². The van der Waals surface area contributed by atoms with Gasteiger partial charge in [-0.3, -0.25) is 9.48 Å². The molecule has 25 heavy (non-hydrogen) atoms. The molecule has 0 saturated carbocycles. The van der Waals surface area contributed by atoms with Gasteiger partial charge in [0.1, 0.15) is 0 Å². The van der Waals surface area contributed by atoms with Crippen LogP contribution in [0.15, 0.2) is 30.5 Å². The third-order valence-corrected chi connectivity index (χ3v) is 4.74. The van der Waals surface area contributed by atoms with E-state index in [2.05, 4.69) is 15.3 Å². The number of aliphatic hydroxyl groups excluding tert-OH is 1. The second kappa shape index (κ2) is 7.27. The van der Waals surface area contributed by atoms with Crippen LogP contribution in [-0.2, 0) is 0 Å². The highest BCUT2D eigenvalue weighted by Crippen LogP contribution is 2.29. The summed E-state index contributed by atoms with van der Waals surface area (Å²) in [7, 11) is 0. The van der Waals surface area contributed by atoms with E-state index in [1.165, 1.54) is 0 Å². The van der Waals surface area contributed by atoms with E-state index in [0.717, 1.165) is 43.0 Å². The second-order valence-corrected chi connectivity index (χ2v) is 6.87. The van der Waals surface area contributed by atoms with E-state index in [1.807, 2.05) is 49.7 Å². The van der Waals surface area contributed by atoms with Gasteiger partial charge >= 0.3 is 0 Å². The van der Waals surface area contributed by atoms with Crippen molar-refractivity contribution in [2.75, 3.05) is 23.3 Å². The number of aliphatic hydroxyl groups is 1. The number of hydrogen-bond acceptors (Lipinski definition) is 4. The van der Waals surface area contributed by atoms with Crippen molar-refractivity contribution in [2.24, 2.45) is 0 Å². The van der Waals surface area contributed by atoms with Crippen molar-refractivity contribution in [3.8, 4) is 0 Å². The predicted molar refractivity (Wildman–Crippen MR) is 99.2 cm³/mol. The number of carbonyl (C=O) groups is 1. The first-order chi connectivity index (χ1) is 12.0. The molecule has 2 heterocycles. The molecule has 1 fully saturated rings. The maximum Gasteiger partial charge on any atom is 0.259 e. The molecule has 2 N–H and O–H groups in total. The molecule has 0 unspecified atom stereocenters. The monoisotopic (exact) mass is 342 g/mol. The van der Waals surface area contributed by atoms with E-state index in [4.69, 9.17) is 0 Å². The fraction of sp³-hybridized carbons (Fsp3) is 0.474. The first-order valence-electron chi connectivity index (χ1n) is 8.85. The summed E-state index contributed by atoms with van der Waals surface area (Å²) >= 11 is 0. The van der Waals surface area contributed by atoms with Crippen LogP contribution in [-0.4, -0.2) is 40.0 Å². The standard InChI is InChI=1S/C19H26N4O2/c1-13(2)23-14(3)16(12-20-23)19(25)21-17-6-4-5-7-18(17)22-10-8-15(24)9-11-22/h4-7,12-13,15,24H,8-11H2,1-3H3,(H,21,25). The van der Waals surface area contributed by atoms with Crippen LogP contribution >= 0.6 is 0 Å². The molecule has 6 nitrogen and oxygen atoms in total. The highest BCUT2D eigenvalue weighted by molar-refractivity contribution is 6.06. The van der Waals surface area contributed by atoms with Gasteiger partial charge in [-0.05, 0) is 45.7 Å². The van der Waals surface area contributed by atoms with E-state index in [9.17, 15) is 9.90 Å². The lowest BCUT2D eigenvalue weighted by Gasteiger charge is -2.32. The molecular weight excluding hydrogens is 316 g/mol. The zero-order valence-electron chi connectivity index (χ0n) is 15.1. The SMILES string of the molecule is Cc1c(C(=O)Nc2ccccc2N2CCC(O)CC2)cnn1C(C)C. The highest BCUT2D eigenvalue weighted by Gasteiger charge is 2.21. The maximum atomic E-state index is 12.7. The quantitative estimate of drug-likeness (QED) is 0.896. The lowest BCUT2D eigenvalue weighted by atomic mass is 10.1. The van der Waals surface area contributed by atoms with Gasteiger partial charge in [-0.15, -0.1) is 0 Å². The molecule has 0 aliphatic carbocycles. The maximum absolute atomic E-state index is 12.7. The van der Waals surface area contributed by atoms with Crippen LogP contribution in [0, 0.1) is 6.92 Å². The molecule has 3 rings (SSSR count). The zero-order valence-corrected chi connectivity index (χ0v) is 15.1. The van der Waals surface area contributed by atoms with Gasteiger partial charge in [-0.25, -0.2) is 0 Å². The van der Waals surface area contributed by atoms with Gasteiger partial charge in [0, 0.05) is 24.8 Å². The Morgan fingerprint density at radius 2 is 1.96 bits per heavy atom. The Labute approximate surface area is 148 Å².